The lowest BCUT2D eigenvalue weighted by Crippen LogP contribution is -2.40. The van der Waals surface area contributed by atoms with E-state index in [0.717, 1.165) is 70.3 Å². The molecule has 0 radical (unpaired) electrons. The van der Waals surface area contributed by atoms with Crippen molar-refractivity contribution in [3.63, 3.8) is 0 Å². The Morgan fingerprint density at radius 2 is 1.82 bits per heavy atom. The molecule has 2 amide bonds. The molecular formula is C20H32N6O2. The Labute approximate surface area is 166 Å². The van der Waals surface area contributed by atoms with Gasteiger partial charge in [0.25, 0.3) is 5.91 Å². The molecule has 1 aromatic heterocycles. The summed E-state index contributed by atoms with van der Waals surface area (Å²) in [5.41, 5.74) is 1.24. The number of nitrogens with zero attached hydrogens (tertiary/aromatic N) is 4. The summed E-state index contributed by atoms with van der Waals surface area (Å²) < 4.78 is 1.91. The minimum absolute atomic E-state index is 0.00321. The summed E-state index contributed by atoms with van der Waals surface area (Å²) in [7, 11) is 0. The van der Waals surface area contributed by atoms with Crippen molar-refractivity contribution in [3.8, 4) is 0 Å². The quantitative estimate of drug-likeness (QED) is 0.814. The Bertz CT molecular complexity index is 706. The van der Waals surface area contributed by atoms with Crippen LogP contribution >= 0.6 is 0 Å². The van der Waals surface area contributed by atoms with Crippen LogP contribution in [0.4, 0.5) is 0 Å². The second-order valence-electron chi connectivity index (χ2n) is 8.53. The largest absolute Gasteiger partial charge is 0.346 e. The van der Waals surface area contributed by atoms with E-state index in [0.29, 0.717) is 18.3 Å². The number of rotatable bonds is 4. The molecule has 2 N–H and O–H groups in total. The number of likely N-dealkylation sites (tertiary alicyclic amines) is 1. The average molecular weight is 389 g/mol. The first-order valence-electron chi connectivity index (χ1n) is 10.9. The van der Waals surface area contributed by atoms with Gasteiger partial charge in [-0.15, -0.1) is 5.10 Å². The third-order valence-corrected chi connectivity index (χ3v) is 6.59. The highest BCUT2D eigenvalue weighted by molar-refractivity contribution is 5.93. The van der Waals surface area contributed by atoms with Gasteiger partial charge in [-0.3, -0.25) is 9.59 Å². The van der Waals surface area contributed by atoms with Crippen LogP contribution in [0.1, 0.15) is 73.6 Å². The summed E-state index contributed by atoms with van der Waals surface area (Å²) in [4.78, 5) is 27.4. The number of carbonyl (C=O) groups is 2. The van der Waals surface area contributed by atoms with Gasteiger partial charge in [-0.1, -0.05) is 24.5 Å². The predicted molar refractivity (Wildman–Crippen MR) is 105 cm³/mol. The Morgan fingerprint density at radius 1 is 1.07 bits per heavy atom. The highest BCUT2D eigenvalue weighted by atomic mass is 16.2. The van der Waals surface area contributed by atoms with Crippen molar-refractivity contribution in [2.24, 2.45) is 5.92 Å². The Morgan fingerprint density at radius 3 is 2.57 bits per heavy atom. The Balaban J connectivity index is 1.33. The first-order valence-corrected chi connectivity index (χ1v) is 10.9. The molecule has 2 saturated heterocycles. The van der Waals surface area contributed by atoms with Gasteiger partial charge >= 0.3 is 0 Å². The number of carbonyl (C=O) groups excluding carboxylic acids is 2. The predicted octanol–water partition coefficient (Wildman–Crippen LogP) is 1.42. The standard InChI is InChI=1S/C20H32N6O2/c1-14-18(23-24-26(14)17-7-10-21-11-8-17)19(27)22-16-9-12-25(13-16)20(28)15-5-3-2-4-6-15/h15-17,21H,2-13H2,1H3,(H,22,27). The SMILES string of the molecule is Cc1c(C(=O)NC2CCN(C(=O)C3CCCCC3)C2)nnn1C1CCNCC1. The molecule has 2 aliphatic heterocycles. The molecule has 0 spiro atoms. The molecule has 8 nitrogen and oxygen atoms in total. The van der Waals surface area contributed by atoms with E-state index in [9.17, 15) is 9.59 Å². The molecule has 0 aromatic carbocycles. The fourth-order valence-electron chi connectivity index (χ4n) is 4.89. The van der Waals surface area contributed by atoms with E-state index in [1.165, 1.54) is 6.42 Å². The van der Waals surface area contributed by atoms with E-state index in [4.69, 9.17) is 0 Å². The second-order valence-corrected chi connectivity index (χ2v) is 8.53. The molecule has 28 heavy (non-hydrogen) atoms. The van der Waals surface area contributed by atoms with E-state index in [-0.39, 0.29) is 23.8 Å². The molecule has 3 fully saturated rings. The molecule has 3 aliphatic rings. The molecular weight excluding hydrogens is 356 g/mol. The van der Waals surface area contributed by atoms with Crippen molar-refractivity contribution in [3.05, 3.63) is 11.4 Å². The Hall–Kier alpha value is -1.96. The summed E-state index contributed by atoms with van der Waals surface area (Å²) in [6.45, 7) is 5.21. The van der Waals surface area contributed by atoms with Crippen molar-refractivity contribution < 1.29 is 9.59 Å². The normalized spacial score (nSPS) is 24.5. The van der Waals surface area contributed by atoms with Crippen LogP contribution in [0, 0.1) is 12.8 Å². The number of aromatic nitrogens is 3. The highest BCUT2D eigenvalue weighted by Crippen LogP contribution is 2.27. The van der Waals surface area contributed by atoms with Gasteiger partial charge in [0.2, 0.25) is 5.91 Å². The fraction of sp³-hybridized carbons (Fsp3) is 0.800. The summed E-state index contributed by atoms with van der Waals surface area (Å²) in [6, 6.07) is 0.314. The van der Waals surface area contributed by atoms with E-state index in [1.807, 2.05) is 16.5 Å². The van der Waals surface area contributed by atoms with Gasteiger partial charge in [-0.25, -0.2) is 4.68 Å². The number of amides is 2. The van der Waals surface area contributed by atoms with E-state index < -0.39 is 0 Å². The monoisotopic (exact) mass is 388 g/mol. The van der Waals surface area contributed by atoms with Crippen molar-refractivity contribution >= 4 is 11.8 Å². The van der Waals surface area contributed by atoms with E-state index in [1.54, 1.807) is 0 Å². The van der Waals surface area contributed by atoms with Crippen LogP contribution in [0.15, 0.2) is 0 Å². The van der Waals surface area contributed by atoms with E-state index >= 15 is 0 Å². The number of piperidine rings is 1. The van der Waals surface area contributed by atoms with Gasteiger partial charge in [0, 0.05) is 25.0 Å². The highest BCUT2D eigenvalue weighted by Gasteiger charge is 2.33. The first kappa shape index (κ1) is 19.4. The van der Waals surface area contributed by atoms with Gasteiger partial charge in [-0.05, 0) is 52.1 Å². The lowest BCUT2D eigenvalue weighted by molar-refractivity contribution is -0.135. The lowest BCUT2D eigenvalue weighted by atomic mass is 9.88. The van der Waals surface area contributed by atoms with Gasteiger partial charge in [-0.2, -0.15) is 0 Å². The molecule has 1 aromatic rings. The van der Waals surface area contributed by atoms with Gasteiger partial charge < -0.3 is 15.5 Å². The maximum atomic E-state index is 12.8. The van der Waals surface area contributed by atoms with Crippen LogP contribution in [-0.4, -0.2) is 63.9 Å². The van der Waals surface area contributed by atoms with Crippen molar-refractivity contribution in [1.29, 1.82) is 0 Å². The van der Waals surface area contributed by atoms with Crippen molar-refractivity contribution in [2.75, 3.05) is 26.2 Å². The molecule has 1 unspecified atom stereocenters. The molecule has 0 bridgehead atoms. The van der Waals surface area contributed by atoms with Crippen LogP contribution < -0.4 is 10.6 Å². The molecule has 3 heterocycles. The zero-order valence-corrected chi connectivity index (χ0v) is 16.8. The van der Waals surface area contributed by atoms with Crippen LogP contribution in [0.25, 0.3) is 0 Å². The molecule has 4 rings (SSSR count). The van der Waals surface area contributed by atoms with Crippen LogP contribution in [-0.2, 0) is 4.79 Å². The summed E-state index contributed by atoms with van der Waals surface area (Å²) in [5, 5.41) is 14.8. The van der Waals surface area contributed by atoms with Gasteiger partial charge in [0.15, 0.2) is 5.69 Å². The zero-order valence-electron chi connectivity index (χ0n) is 16.8. The van der Waals surface area contributed by atoms with Crippen LogP contribution in [0.3, 0.4) is 0 Å². The third-order valence-electron chi connectivity index (χ3n) is 6.59. The van der Waals surface area contributed by atoms with Crippen molar-refractivity contribution in [1.82, 2.24) is 30.5 Å². The van der Waals surface area contributed by atoms with Crippen LogP contribution in [0.5, 0.6) is 0 Å². The smallest absolute Gasteiger partial charge is 0.274 e. The minimum Gasteiger partial charge on any atom is -0.346 e. The second kappa shape index (κ2) is 8.59. The topological polar surface area (TPSA) is 92.2 Å². The summed E-state index contributed by atoms with van der Waals surface area (Å²) in [5.74, 6) is 0.300. The van der Waals surface area contributed by atoms with Gasteiger partial charge in [0.1, 0.15) is 0 Å². The number of nitrogens with one attached hydrogen (secondary N) is 2. The van der Waals surface area contributed by atoms with E-state index in [2.05, 4.69) is 20.9 Å². The average Bonchev–Trinajstić information content (AvgIpc) is 3.35. The number of hydrogen-bond donors (Lipinski definition) is 2. The zero-order chi connectivity index (χ0) is 19.5. The molecule has 1 saturated carbocycles. The molecule has 1 aliphatic carbocycles. The molecule has 1 atom stereocenters. The summed E-state index contributed by atoms with van der Waals surface area (Å²) in [6.07, 6.45) is 8.44. The van der Waals surface area contributed by atoms with Crippen molar-refractivity contribution in [2.45, 2.75) is 70.4 Å². The lowest BCUT2D eigenvalue weighted by Gasteiger charge is -2.26. The third kappa shape index (κ3) is 4.06. The summed E-state index contributed by atoms with van der Waals surface area (Å²) >= 11 is 0. The first-order chi connectivity index (χ1) is 13.6. The molecule has 8 heteroatoms. The minimum atomic E-state index is -0.172. The van der Waals surface area contributed by atoms with Gasteiger partial charge in [0.05, 0.1) is 11.7 Å². The molecule has 154 valence electrons. The maximum absolute atomic E-state index is 12.8. The number of hydrogen-bond acceptors (Lipinski definition) is 5. The Kier molecular flexibility index (Phi) is 5.94. The maximum Gasteiger partial charge on any atom is 0.274 e. The van der Waals surface area contributed by atoms with Crippen LogP contribution in [0.2, 0.25) is 0 Å². The fourth-order valence-corrected chi connectivity index (χ4v) is 4.89.